The Morgan fingerprint density at radius 3 is 2.23 bits per heavy atom. The van der Waals surface area contributed by atoms with Crippen LogP contribution in [0.4, 0.5) is 0 Å². The average Bonchev–Trinajstić information content (AvgIpc) is 2.58. The van der Waals surface area contributed by atoms with E-state index in [1.54, 1.807) is 0 Å². The number of hydrogen-bond acceptors (Lipinski definition) is 8. The lowest BCUT2D eigenvalue weighted by Gasteiger charge is -2.20. The molecule has 0 spiro atoms. The molecule has 4 atom stereocenters. The second-order valence-corrected chi connectivity index (χ2v) is 6.46. The van der Waals surface area contributed by atoms with Gasteiger partial charge in [0.2, 0.25) is 17.7 Å². The molecule has 0 aromatic carbocycles. The molecule has 3 amide bonds. The number of carboxylic acids is 1. The number of nitrogens with one attached hydrogen (secondary N) is 3. The van der Waals surface area contributed by atoms with Gasteiger partial charge < -0.3 is 37.0 Å². The van der Waals surface area contributed by atoms with Crippen LogP contribution in [0.3, 0.4) is 0 Å². The van der Waals surface area contributed by atoms with E-state index >= 15 is 0 Å². The average molecular weight is 394 g/mol. The first-order chi connectivity index (χ1) is 12.1. The fourth-order valence-corrected chi connectivity index (χ4v) is 2.24. The van der Waals surface area contributed by atoms with Crippen LogP contribution in [0.2, 0.25) is 0 Å². The molecule has 0 saturated carbocycles. The smallest absolute Gasteiger partial charge is 0.328 e. The van der Waals surface area contributed by atoms with Gasteiger partial charge in [-0.3, -0.25) is 14.4 Å². The van der Waals surface area contributed by atoms with Crippen LogP contribution in [0.1, 0.15) is 13.3 Å². The number of carboxylic acid groups (broad SMARTS) is 1. The molecule has 0 bridgehead atoms. The largest absolute Gasteiger partial charge is 0.480 e. The predicted molar refractivity (Wildman–Crippen MR) is 94.2 cm³/mol. The number of aliphatic hydroxyl groups excluding tert-OH is 2. The minimum atomic E-state index is -1.53. The van der Waals surface area contributed by atoms with Gasteiger partial charge in [0.05, 0.1) is 25.3 Å². The first-order valence-corrected chi connectivity index (χ1v) is 9.17. The summed E-state index contributed by atoms with van der Waals surface area (Å²) in [6.45, 7) is -0.116. The van der Waals surface area contributed by atoms with Crippen molar-refractivity contribution in [2.75, 3.05) is 25.2 Å². The zero-order valence-electron chi connectivity index (χ0n) is 14.6. The Bertz CT molecular complexity index is 504. The quantitative estimate of drug-likeness (QED) is 0.177. The molecule has 0 aliphatic carbocycles. The maximum absolute atomic E-state index is 11.9. The minimum absolute atomic E-state index is 0.394. The van der Waals surface area contributed by atoms with Gasteiger partial charge in [-0.2, -0.15) is 11.8 Å². The standard InChI is InChI=1S/C14H26N4O7S/c1-7(20)11(14(24)25)18-10(21)5-16-13(23)9(6-19)17-12(22)8(15)3-4-26-2/h7-9,11,19-20H,3-6,15H2,1-2H3,(H,16,23)(H,17,22)(H,18,21)(H,24,25). The van der Waals surface area contributed by atoms with Crippen molar-refractivity contribution in [3.8, 4) is 0 Å². The van der Waals surface area contributed by atoms with Gasteiger partial charge in [-0.05, 0) is 25.4 Å². The highest BCUT2D eigenvalue weighted by atomic mass is 32.2. The molecule has 4 unspecified atom stereocenters. The molecule has 26 heavy (non-hydrogen) atoms. The molecule has 11 nitrogen and oxygen atoms in total. The van der Waals surface area contributed by atoms with Gasteiger partial charge in [-0.15, -0.1) is 0 Å². The third kappa shape index (κ3) is 8.99. The van der Waals surface area contributed by atoms with Crippen molar-refractivity contribution in [1.29, 1.82) is 0 Å². The van der Waals surface area contributed by atoms with Crippen molar-refractivity contribution in [3.05, 3.63) is 0 Å². The number of rotatable bonds is 12. The highest BCUT2D eigenvalue weighted by molar-refractivity contribution is 7.98. The van der Waals surface area contributed by atoms with Crippen molar-refractivity contribution in [2.24, 2.45) is 5.73 Å². The number of aliphatic carboxylic acids is 1. The van der Waals surface area contributed by atoms with Crippen LogP contribution >= 0.6 is 11.8 Å². The van der Waals surface area contributed by atoms with Crippen LogP contribution in [0.25, 0.3) is 0 Å². The Balaban J connectivity index is 4.51. The molecule has 0 aliphatic rings. The van der Waals surface area contributed by atoms with Crippen molar-refractivity contribution in [3.63, 3.8) is 0 Å². The molecule has 0 radical (unpaired) electrons. The van der Waals surface area contributed by atoms with Gasteiger partial charge in [0.15, 0.2) is 6.04 Å². The topological polar surface area (TPSA) is 191 Å². The van der Waals surface area contributed by atoms with E-state index in [2.05, 4.69) is 10.6 Å². The van der Waals surface area contributed by atoms with E-state index in [4.69, 9.17) is 10.8 Å². The van der Waals surface area contributed by atoms with Crippen molar-refractivity contribution >= 4 is 35.5 Å². The number of carbonyl (C=O) groups excluding carboxylic acids is 3. The first kappa shape index (κ1) is 24.1. The van der Waals surface area contributed by atoms with Gasteiger partial charge in [-0.1, -0.05) is 0 Å². The fraction of sp³-hybridized carbons (Fsp3) is 0.714. The lowest BCUT2D eigenvalue weighted by molar-refractivity contribution is -0.144. The van der Waals surface area contributed by atoms with Gasteiger partial charge in [0.25, 0.3) is 0 Å². The molecule has 150 valence electrons. The highest BCUT2D eigenvalue weighted by Crippen LogP contribution is 1.99. The molecule has 0 aromatic heterocycles. The number of amides is 3. The summed E-state index contributed by atoms with van der Waals surface area (Å²) < 4.78 is 0. The SMILES string of the molecule is CSCCC(N)C(=O)NC(CO)C(=O)NCC(=O)NC(C(=O)O)C(C)O. The molecule has 0 aliphatic heterocycles. The zero-order chi connectivity index (χ0) is 20.3. The minimum Gasteiger partial charge on any atom is -0.480 e. The van der Waals surface area contributed by atoms with Crippen molar-refractivity contribution in [1.82, 2.24) is 16.0 Å². The van der Waals surface area contributed by atoms with Crippen LogP contribution in [-0.2, 0) is 19.2 Å². The first-order valence-electron chi connectivity index (χ1n) is 7.77. The molecule has 8 N–H and O–H groups in total. The van der Waals surface area contributed by atoms with Gasteiger partial charge >= 0.3 is 5.97 Å². The second-order valence-electron chi connectivity index (χ2n) is 5.47. The summed E-state index contributed by atoms with van der Waals surface area (Å²) in [5, 5.41) is 33.8. The van der Waals surface area contributed by atoms with Crippen LogP contribution in [-0.4, -0.2) is 88.4 Å². The molecular formula is C14H26N4O7S. The summed E-state index contributed by atoms with van der Waals surface area (Å²) in [7, 11) is 0. The monoisotopic (exact) mass is 394 g/mol. The fourth-order valence-electron chi connectivity index (χ4n) is 1.75. The molecule has 0 saturated heterocycles. The van der Waals surface area contributed by atoms with E-state index in [-0.39, 0.29) is 0 Å². The van der Waals surface area contributed by atoms with E-state index in [1.165, 1.54) is 18.7 Å². The molecule has 12 heteroatoms. The van der Waals surface area contributed by atoms with E-state index in [9.17, 15) is 29.4 Å². The zero-order valence-corrected chi connectivity index (χ0v) is 15.4. The number of aliphatic hydroxyl groups is 2. The summed E-state index contributed by atoms with van der Waals surface area (Å²) >= 11 is 1.51. The molecular weight excluding hydrogens is 368 g/mol. The summed E-state index contributed by atoms with van der Waals surface area (Å²) in [5.41, 5.74) is 5.66. The maximum Gasteiger partial charge on any atom is 0.328 e. The van der Waals surface area contributed by atoms with Gasteiger partial charge in [0, 0.05) is 0 Å². The Morgan fingerprint density at radius 1 is 1.15 bits per heavy atom. The second kappa shape index (κ2) is 12.5. The van der Waals surface area contributed by atoms with E-state index in [0.717, 1.165) is 0 Å². The summed E-state index contributed by atoms with van der Waals surface area (Å²) in [6, 6.07) is -3.67. The van der Waals surface area contributed by atoms with Crippen LogP contribution in [0.15, 0.2) is 0 Å². The van der Waals surface area contributed by atoms with Gasteiger partial charge in [-0.25, -0.2) is 4.79 Å². The lowest BCUT2D eigenvalue weighted by Crippen LogP contribution is -2.55. The number of hydrogen-bond donors (Lipinski definition) is 7. The Hall–Kier alpha value is -1.89. The third-order valence-electron chi connectivity index (χ3n) is 3.27. The number of nitrogens with two attached hydrogens (primary N) is 1. The van der Waals surface area contributed by atoms with Crippen molar-refractivity contribution in [2.45, 2.75) is 37.6 Å². The Morgan fingerprint density at radius 2 is 1.77 bits per heavy atom. The molecule has 0 rings (SSSR count). The Kier molecular flexibility index (Phi) is 11.6. The molecule has 0 heterocycles. The van der Waals surface area contributed by atoms with Crippen LogP contribution < -0.4 is 21.7 Å². The maximum atomic E-state index is 11.9. The summed E-state index contributed by atoms with van der Waals surface area (Å²) in [4.78, 5) is 46.3. The number of carbonyl (C=O) groups is 4. The van der Waals surface area contributed by atoms with E-state index in [1.807, 2.05) is 11.6 Å². The number of thioether (sulfide) groups is 1. The summed E-state index contributed by atoms with van der Waals surface area (Å²) in [5.74, 6) is -3.08. The highest BCUT2D eigenvalue weighted by Gasteiger charge is 2.26. The lowest BCUT2D eigenvalue weighted by atomic mass is 10.2. The van der Waals surface area contributed by atoms with Crippen LogP contribution in [0, 0.1) is 0 Å². The Labute approximate surface area is 155 Å². The van der Waals surface area contributed by atoms with E-state index in [0.29, 0.717) is 12.2 Å². The van der Waals surface area contributed by atoms with Crippen molar-refractivity contribution < 1.29 is 34.5 Å². The summed E-state index contributed by atoms with van der Waals surface area (Å²) in [6.07, 6.45) is 0.913. The molecule has 0 aromatic rings. The predicted octanol–water partition coefficient (Wildman–Crippen LogP) is -3.39. The normalized spacial score (nSPS) is 15.3. The van der Waals surface area contributed by atoms with E-state index < -0.39 is 61.1 Å². The molecule has 0 fully saturated rings. The van der Waals surface area contributed by atoms with Crippen LogP contribution in [0.5, 0.6) is 0 Å². The third-order valence-corrected chi connectivity index (χ3v) is 3.92. The van der Waals surface area contributed by atoms with Gasteiger partial charge in [0.1, 0.15) is 6.04 Å².